The number of rotatable bonds is 14. The quantitative estimate of drug-likeness (QED) is 0.272. The van der Waals surface area contributed by atoms with Crippen molar-refractivity contribution in [3.63, 3.8) is 0 Å². The highest BCUT2D eigenvalue weighted by Gasteiger charge is 2.35. The van der Waals surface area contributed by atoms with Crippen LogP contribution in [0.15, 0.2) is 36.4 Å². The number of methoxy groups -OCH3 is 1. The van der Waals surface area contributed by atoms with E-state index in [1.165, 1.54) is 32.2 Å². The minimum Gasteiger partial charge on any atom is -0.496 e. The molecule has 42 heavy (non-hydrogen) atoms. The number of amides is 2. The molecule has 0 radical (unpaired) electrons. The van der Waals surface area contributed by atoms with Crippen LogP contribution in [0.25, 0.3) is 0 Å². The number of halogens is 4. The van der Waals surface area contributed by atoms with Gasteiger partial charge in [-0.15, -0.1) is 0 Å². The Morgan fingerprint density at radius 1 is 1.02 bits per heavy atom. The first-order valence-corrected chi connectivity index (χ1v) is 12.9. The average molecular weight is 615 g/mol. The summed E-state index contributed by atoms with van der Waals surface area (Å²) in [7, 11) is 1.39. The van der Waals surface area contributed by atoms with Crippen molar-refractivity contribution in [2.75, 3.05) is 13.7 Å². The fourth-order valence-electron chi connectivity index (χ4n) is 3.84. The van der Waals surface area contributed by atoms with Gasteiger partial charge in [0.25, 0.3) is 0 Å². The Hall–Kier alpha value is -4.13. The van der Waals surface area contributed by atoms with Gasteiger partial charge in [-0.1, -0.05) is 31.5 Å². The second-order valence-corrected chi connectivity index (χ2v) is 9.96. The lowest BCUT2D eigenvalue weighted by molar-refractivity contribution is -0.141. The van der Waals surface area contributed by atoms with Crippen molar-refractivity contribution in [1.82, 2.24) is 10.6 Å². The lowest BCUT2D eigenvalue weighted by Crippen LogP contribution is -2.54. The number of benzene rings is 2. The number of hydrogen-bond donors (Lipinski definition) is 3. The molecule has 10 nitrogen and oxygen atoms in total. The van der Waals surface area contributed by atoms with Gasteiger partial charge in [0.05, 0.1) is 30.5 Å². The number of carboxylic acids is 1. The Kier molecular flexibility index (Phi) is 11.9. The molecule has 228 valence electrons. The standard InChI is InChI=1S/C28H30ClF3N2O8/c1-14(2)26(34-23(37)11-17-10-16(15(3)35)8-9-21(17)41-4)27(40)33-19(12-24(38)39)20(36)13-42-22-7-5-6-18(25(22)29)28(30,31)32/h5-10,14,19,26H,11-13H2,1-4H3,(H,33,40)(H,34,37)(H,38,39)/t19?,26-/m0/s1. The monoisotopic (exact) mass is 614 g/mol. The summed E-state index contributed by atoms with van der Waals surface area (Å²) in [5, 5.41) is 13.3. The van der Waals surface area contributed by atoms with Crippen LogP contribution in [0, 0.1) is 5.92 Å². The number of carbonyl (C=O) groups is 5. The van der Waals surface area contributed by atoms with Crippen LogP contribution in [0.3, 0.4) is 0 Å². The van der Waals surface area contributed by atoms with E-state index < -0.39 is 77.1 Å². The molecule has 1 unspecified atom stereocenters. The molecule has 2 aromatic carbocycles. The molecule has 3 N–H and O–H groups in total. The van der Waals surface area contributed by atoms with E-state index in [9.17, 15) is 42.3 Å². The molecule has 0 heterocycles. The highest BCUT2D eigenvalue weighted by atomic mass is 35.5. The van der Waals surface area contributed by atoms with Crippen LogP contribution in [0.4, 0.5) is 13.2 Å². The Morgan fingerprint density at radius 2 is 1.69 bits per heavy atom. The maximum absolute atomic E-state index is 13.1. The van der Waals surface area contributed by atoms with Gasteiger partial charge in [0, 0.05) is 11.1 Å². The number of carbonyl (C=O) groups excluding carboxylic acids is 4. The van der Waals surface area contributed by atoms with E-state index in [1.54, 1.807) is 13.8 Å². The van der Waals surface area contributed by atoms with Crippen molar-refractivity contribution in [1.29, 1.82) is 0 Å². The lowest BCUT2D eigenvalue weighted by atomic mass is 10.0. The minimum atomic E-state index is -4.78. The maximum Gasteiger partial charge on any atom is 0.417 e. The zero-order chi connectivity index (χ0) is 31.8. The Bertz CT molecular complexity index is 1350. The SMILES string of the molecule is COc1ccc(C(C)=O)cc1CC(=O)N[C@H](C(=O)NC(CC(=O)O)C(=O)COc1cccc(C(F)(F)F)c1Cl)C(C)C. The minimum absolute atomic E-state index is 0.229. The molecule has 0 saturated carbocycles. The molecule has 2 atom stereocenters. The summed E-state index contributed by atoms with van der Waals surface area (Å²) in [6.45, 7) is 3.67. The smallest absolute Gasteiger partial charge is 0.417 e. The van der Waals surface area contributed by atoms with E-state index in [1.807, 2.05) is 0 Å². The van der Waals surface area contributed by atoms with E-state index >= 15 is 0 Å². The van der Waals surface area contributed by atoms with Gasteiger partial charge in [0.1, 0.15) is 30.2 Å². The molecule has 0 fully saturated rings. The number of alkyl halides is 3. The molecule has 2 rings (SSSR count). The Labute approximate surface area is 244 Å². The second kappa shape index (κ2) is 14.7. The normalized spacial score (nSPS) is 12.7. The van der Waals surface area contributed by atoms with Crippen LogP contribution in [0.2, 0.25) is 5.02 Å². The van der Waals surface area contributed by atoms with Crippen molar-refractivity contribution in [2.45, 2.75) is 51.9 Å². The van der Waals surface area contributed by atoms with E-state index in [0.29, 0.717) is 16.9 Å². The summed E-state index contributed by atoms with van der Waals surface area (Å²) < 4.78 is 49.7. The van der Waals surface area contributed by atoms with Crippen LogP contribution in [0.5, 0.6) is 11.5 Å². The average Bonchev–Trinajstić information content (AvgIpc) is 2.89. The Morgan fingerprint density at radius 3 is 2.24 bits per heavy atom. The zero-order valence-corrected chi connectivity index (χ0v) is 23.9. The van der Waals surface area contributed by atoms with Crippen LogP contribution >= 0.6 is 11.6 Å². The molecule has 0 aliphatic rings. The van der Waals surface area contributed by atoms with Gasteiger partial charge in [-0.05, 0) is 43.2 Å². The summed E-state index contributed by atoms with van der Waals surface area (Å²) in [5.74, 6) is -4.77. The number of nitrogens with one attached hydrogen (secondary N) is 2. The van der Waals surface area contributed by atoms with Gasteiger partial charge in [0.15, 0.2) is 11.6 Å². The van der Waals surface area contributed by atoms with Gasteiger partial charge in [0.2, 0.25) is 11.8 Å². The lowest BCUT2D eigenvalue weighted by Gasteiger charge is -2.25. The molecule has 0 aliphatic heterocycles. The fourth-order valence-corrected chi connectivity index (χ4v) is 4.13. The third-order valence-corrected chi connectivity index (χ3v) is 6.42. The van der Waals surface area contributed by atoms with Crippen molar-refractivity contribution in [2.24, 2.45) is 5.92 Å². The Balaban J connectivity index is 2.16. The predicted octanol–water partition coefficient (Wildman–Crippen LogP) is 3.86. The molecule has 0 aromatic heterocycles. The summed E-state index contributed by atoms with van der Waals surface area (Å²) >= 11 is 5.77. The van der Waals surface area contributed by atoms with Gasteiger partial charge in [-0.25, -0.2) is 0 Å². The number of hydrogen-bond acceptors (Lipinski definition) is 7. The van der Waals surface area contributed by atoms with Crippen LogP contribution < -0.4 is 20.1 Å². The third kappa shape index (κ3) is 9.47. The van der Waals surface area contributed by atoms with E-state index in [2.05, 4.69) is 10.6 Å². The van der Waals surface area contributed by atoms with Crippen LogP contribution in [-0.4, -0.2) is 60.3 Å². The van der Waals surface area contributed by atoms with Crippen LogP contribution in [0.1, 0.15) is 48.7 Å². The first kappa shape index (κ1) is 34.1. The van der Waals surface area contributed by atoms with Gasteiger partial charge < -0.3 is 25.2 Å². The highest BCUT2D eigenvalue weighted by Crippen LogP contribution is 2.39. The molecule has 0 aliphatic carbocycles. The predicted molar refractivity (Wildman–Crippen MR) is 145 cm³/mol. The molecule has 0 spiro atoms. The first-order valence-electron chi connectivity index (χ1n) is 12.6. The van der Waals surface area contributed by atoms with Crippen molar-refractivity contribution < 1.29 is 51.7 Å². The van der Waals surface area contributed by atoms with Gasteiger partial charge in [-0.3, -0.25) is 24.0 Å². The summed E-state index contributed by atoms with van der Waals surface area (Å²) in [5.41, 5.74) is -0.457. The van der Waals surface area contributed by atoms with E-state index in [0.717, 1.165) is 18.2 Å². The molecule has 0 saturated heterocycles. The van der Waals surface area contributed by atoms with E-state index in [-0.39, 0.29) is 12.2 Å². The summed E-state index contributed by atoms with van der Waals surface area (Å²) in [6.07, 6.45) is -5.90. The maximum atomic E-state index is 13.1. The van der Waals surface area contributed by atoms with Crippen molar-refractivity contribution >= 4 is 41.0 Å². The molecule has 2 aromatic rings. The second-order valence-electron chi connectivity index (χ2n) is 9.58. The molecule has 0 bridgehead atoms. The molecular weight excluding hydrogens is 585 g/mol. The zero-order valence-electron chi connectivity index (χ0n) is 23.1. The topological polar surface area (TPSA) is 148 Å². The highest BCUT2D eigenvalue weighted by molar-refractivity contribution is 6.32. The van der Waals surface area contributed by atoms with Crippen molar-refractivity contribution in [3.8, 4) is 11.5 Å². The van der Waals surface area contributed by atoms with Gasteiger partial charge in [-0.2, -0.15) is 13.2 Å². The molecular formula is C28H30ClF3N2O8. The number of carboxylic acid groups (broad SMARTS) is 1. The summed E-state index contributed by atoms with van der Waals surface area (Å²) in [6, 6.07) is 4.56. The van der Waals surface area contributed by atoms with E-state index in [4.69, 9.17) is 21.1 Å². The van der Waals surface area contributed by atoms with Gasteiger partial charge >= 0.3 is 12.1 Å². The third-order valence-electron chi connectivity index (χ3n) is 6.03. The summed E-state index contributed by atoms with van der Waals surface area (Å²) in [4.78, 5) is 61.9. The number of aliphatic carboxylic acids is 1. The molecule has 2 amide bonds. The largest absolute Gasteiger partial charge is 0.496 e. The number of ketones is 2. The fraction of sp³-hybridized carbons (Fsp3) is 0.393. The number of ether oxygens (including phenoxy) is 2. The molecule has 14 heteroatoms. The number of Topliss-reactive ketones (excluding diaryl/α,β-unsaturated/α-hetero) is 2. The van der Waals surface area contributed by atoms with Crippen LogP contribution in [-0.2, 0) is 31.8 Å². The van der Waals surface area contributed by atoms with Crippen molar-refractivity contribution in [3.05, 3.63) is 58.1 Å². The first-order chi connectivity index (χ1) is 19.5.